The summed E-state index contributed by atoms with van der Waals surface area (Å²) in [4.78, 5) is 8.96. The summed E-state index contributed by atoms with van der Waals surface area (Å²) in [6.45, 7) is 1.95. The summed E-state index contributed by atoms with van der Waals surface area (Å²) in [6.07, 6.45) is 0.872. The Morgan fingerprint density at radius 2 is 2.04 bits per heavy atom. The Morgan fingerprint density at radius 3 is 2.93 bits per heavy atom. The lowest BCUT2D eigenvalue weighted by molar-refractivity contribution is 0.262. The molecule has 6 nitrogen and oxygen atoms in total. The Morgan fingerprint density at radius 1 is 1.22 bits per heavy atom. The number of hydrogen-bond acceptors (Lipinski definition) is 5. The fraction of sp³-hybridized carbons (Fsp3) is 0.263. The van der Waals surface area contributed by atoms with E-state index in [-0.39, 0.29) is 30.0 Å². The van der Waals surface area contributed by atoms with Gasteiger partial charge >= 0.3 is 0 Å². The van der Waals surface area contributed by atoms with Crippen LogP contribution in [0.25, 0.3) is 10.2 Å². The predicted molar refractivity (Wildman–Crippen MR) is 122 cm³/mol. The van der Waals surface area contributed by atoms with Crippen molar-refractivity contribution in [3.8, 4) is 5.75 Å². The molecule has 8 heteroatoms. The van der Waals surface area contributed by atoms with Gasteiger partial charge in [-0.25, -0.2) is 4.98 Å². The molecule has 0 radical (unpaired) electrons. The molecule has 1 unspecified atom stereocenters. The molecule has 0 saturated carbocycles. The summed E-state index contributed by atoms with van der Waals surface area (Å²) in [5.41, 5.74) is 8.21. The Labute approximate surface area is 179 Å². The summed E-state index contributed by atoms with van der Waals surface area (Å²) < 4.78 is 6.85. The van der Waals surface area contributed by atoms with E-state index in [9.17, 15) is 0 Å². The third-order valence-corrected chi connectivity index (χ3v) is 5.24. The number of aromatic nitrogens is 1. The number of nitrogens with two attached hydrogens (primary N) is 1. The van der Waals surface area contributed by atoms with Gasteiger partial charge in [0.2, 0.25) is 0 Å². The summed E-state index contributed by atoms with van der Waals surface area (Å²) >= 11 is 1.65. The fourth-order valence-corrected chi connectivity index (χ4v) is 3.89. The number of fused-ring (bicyclic) bond motifs is 2. The van der Waals surface area contributed by atoms with Gasteiger partial charge in [0, 0.05) is 18.5 Å². The number of para-hydroxylation sites is 2. The SMILES string of the molecule is I.NC(=NCCNc1nc2ccccc2s1)NC1CCOc2ccccc21. The van der Waals surface area contributed by atoms with Crippen molar-refractivity contribution >= 4 is 56.6 Å². The summed E-state index contributed by atoms with van der Waals surface area (Å²) in [7, 11) is 0. The van der Waals surface area contributed by atoms with Gasteiger partial charge in [-0.1, -0.05) is 41.7 Å². The normalized spacial score (nSPS) is 16.1. The minimum atomic E-state index is 0. The van der Waals surface area contributed by atoms with Crippen LogP contribution < -0.4 is 21.1 Å². The summed E-state index contributed by atoms with van der Waals surface area (Å²) in [5.74, 6) is 1.37. The molecule has 4 rings (SSSR count). The number of nitrogens with zero attached hydrogens (tertiary/aromatic N) is 2. The van der Waals surface area contributed by atoms with Crippen LogP contribution in [0.5, 0.6) is 5.75 Å². The van der Waals surface area contributed by atoms with E-state index < -0.39 is 0 Å². The number of nitrogens with one attached hydrogen (secondary N) is 2. The van der Waals surface area contributed by atoms with Gasteiger partial charge < -0.3 is 21.1 Å². The lowest BCUT2D eigenvalue weighted by Gasteiger charge is -2.26. The molecule has 0 bridgehead atoms. The summed E-state index contributed by atoms with van der Waals surface area (Å²) in [5, 5.41) is 7.52. The molecule has 0 aliphatic carbocycles. The van der Waals surface area contributed by atoms with E-state index >= 15 is 0 Å². The Bertz CT molecular complexity index is 896. The van der Waals surface area contributed by atoms with Gasteiger partial charge in [-0.15, -0.1) is 24.0 Å². The Balaban J connectivity index is 0.00000210. The van der Waals surface area contributed by atoms with E-state index in [2.05, 4.69) is 32.7 Å². The highest BCUT2D eigenvalue weighted by Crippen LogP contribution is 2.31. The fourth-order valence-electron chi connectivity index (χ4n) is 3.00. The monoisotopic (exact) mass is 495 g/mol. The zero-order chi connectivity index (χ0) is 17.8. The van der Waals surface area contributed by atoms with Crippen LogP contribution in [0.4, 0.5) is 5.13 Å². The first-order valence-corrected chi connectivity index (χ1v) is 9.49. The Kier molecular flexibility index (Phi) is 6.73. The highest BCUT2D eigenvalue weighted by molar-refractivity contribution is 14.0. The van der Waals surface area contributed by atoms with Gasteiger partial charge in [0.25, 0.3) is 0 Å². The molecule has 142 valence electrons. The molecular weight excluding hydrogens is 473 g/mol. The predicted octanol–water partition coefficient (Wildman–Crippen LogP) is 3.75. The average Bonchev–Trinajstić information content (AvgIpc) is 3.08. The van der Waals surface area contributed by atoms with E-state index in [0.717, 1.165) is 28.4 Å². The van der Waals surface area contributed by atoms with Crippen LogP contribution in [0.3, 0.4) is 0 Å². The molecule has 27 heavy (non-hydrogen) atoms. The standard InChI is InChI=1S/C19H21N5OS.HI/c20-18(23-14-9-12-25-16-7-3-1-5-13(14)16)21-10-11-22-19-24-15-6-2-4-8-17(15)26-19;/h1-8,14H,9-12H2,(H,22,24)(H3,20,21,23);1H. The zero-order valence-electron chi connectivity index (χ0n) is 14.7. The van der Waals surface area contributed by atoms with E-state index in [4.69, 9.17) is 10.5 Å². The van der Waals surface area contributed by atoms with Gasteiger partial charge in [0.1, 0.15) is 5.75 Å². The first-order chi connectivity index (χ1) is 12.8. The van der Waals surface area contributed by atoms with Crippen LogP contribution in [-0.2, 0) is 0 Å². The van der Waals surface area contributed by atoms with Crippen molar-refractivity contribution in [1.82, 2.24) is 10.3 Å². The largest absolute Gasteiger partial charge is 0.493 e. The number of benzene rings is 2. The molecule has 3 aromatic rings. The van der Waals surface area contributed by atoms with E-state index in [1.807, 2.05) is 36.4 Å². The minimum absolute atomic E-state index is 0. The van der Waals surface area contributed by atoms with Crippen molar-refractivity contribution in [2.45, 2.75) is 12.5 Å². The lowest BCUT2D eigenvalue weighted by atomic mass is 10.0. The van der Waals surface area contributed by atoms with Crippen LogP contribution >= 0.6 is 35.3 Å². The first-order valence-electron chi connectivity index (χ1n) is 8.67. The number of halogens is 1. The maximum Gasteiger partial charge on any atom is 0.189 e. The molecule has 0 saturated heterocycles. The molecule has 2 heterocycles. The van der Waals surface area contributed by atoms with Crippen LogP contribution in [0, 0.1) is 0 Å². The van der Waals surface area contributed by atoms with Crippen LogP contribution in [0.15, 0.2) is 53.5 Å². The first kappa shape index (κ1) is 19.7. The second-order valence-corrected chi connectivity index (χ2v) is 7.08. The van der Waals surface area contributed by atoms with Gasteiger partial charge in [-0.05, 0) is 18.2 Å². The highest BCUT2D eigenvalue weighted by atomic mass is 127. The molecule has 1 aromatic heterocycles. The van der Waals surface area contributed by atoms with Crippen molar-refractivity contribution in [1.29, 1.82) is 0 Å². The van der Waals surface area contributed by atoms with Gasteiger partial charge in [-0.2, -0.15) is 0 Å². The van der Waals surface area contributed by atoms with Crippen LogP contribution in [0.2, 0.25) is 0 Å². The zero-order valence-corrected chi connectivity index (χ0v) is 17.9. The van der Waals surface area contributed by atoms with Gasteiger partial charge in [0.15, 0.2) is 11.1 Å². The molecule has 1 aliphatic rings. The van der Waals surface area contributed by atoms with Gasteiger partial charge in [0.05, 0.1) is 29.4 Å². The van der Waals surface area contributed by atoms with Crippen molar-refractivity contribution in [3.05, 3.63) is 54.1 Å². The number of thiazole rings is 1. The maximum absolute atomic E-state index is 6.06. The minimum Gasteiger partial charge on any atom is -0.493 e. The van der Waals surface area contributed by atoms with E-state index in [1.54, 1.807) is 11.3 Å². The average molecular weight is 495 g/mol. The van der Waals surface area contributed by atoms with Gasteiger partial charge in [-0.3, -0.25) is 4.99 Å². The van der Waals surface area contributed by atoms with E-state index in [1.165, 1.54) is 4.70 Å². The van der Waals surface area contributed by atoms with Crippen molar-refractivity contribution in [2.24, 2.45) is 10.7 Å². The number of anilines is 1. The summed E-state index contributed by atoms with van der Waals surface area (Å²) in [6, 6.07) is 16.3. The molecule has 2 aromatic carbocycles. The second kappa shape index (κ2) is 9.23. The second-order valence-electron chi connectivity index (χ2n) is 6.05. The molecule has 1 aliphatic heterocycles. The lowest BCUT2D eigenvalue weighted by Crippen LogP contribution is -2.37. The van der Waals surface area contributed by atoms with Crippen LogP contribution in [-0.4, -0.2) is 30.6 Å². The number of hydrogen-bond donors (Lipinski definition) is 3. The smallest absolute Gasteiger partial charge is 0.189 e. The number of ether oxygens (including phenoxy) is 1. The topological polar surface area (TPSA) is 84.6 Å². The van der Waals surface area contributed by atoms with Crippen molar-refractivity contribution in [3.63, 3.8) is 0 Å². The molecule has 1 atom stereocenters. The number of aliphatic imine (C=N–C) groups is 1. The van der Waals surface area contributed by atoms with Crippen LogP contribution in [0.1, 0.15) is 18.0 Å². The molecule has 0 fully saturated rings. The third-order valence-electron chi connectivity index (χ3n) is 4.24. The molecule has 4 N–H and O–H groups in total. The van der Waals surface area contributed by atoms with Crippen molar-refractivity contribution < 1.29 is 4.74 Å². The number of rotatable bonds is 5. The Hall–Kier alpha value is -2.07. The van der Waals surface area contributed by atoms with E-state index in [0.29, 0.717) is 25.7 Å². The maximum atomic E-state index is 6.06. The molecule has 0 spiro atoms. The number of guanidine groups is 1. The quantitative estimate of drug-likeness (QED) is 0.217. The molecule has 0 amide bonds. The highest BCUT2D eigenvalue weighted by Gasteiger charge is 2.21. The van der Waals surface area contributed by atoms with Crippen molar-refractivity contribution in [2.75, 3.05) is 25.0 Å². The third kappa shape index (κ3) is 4.81. The molecular formula is C19H22IN5OS.